The Labute approximate surface area is 93.7 Å². The van der Waals surface area contributed by atoms with Crippen molar-refractivity contribution in [3.8, 4) is 0 Å². The maximum Gasteiger partial charge on any atom is 0.232 e. The SMILES string of the molecule is CSCC(=O)N1CCC(C(N)=NO)CC1. The lowest BCUT2D eigenvalue weighted by Crippen LogP contribution is -2.42. The van der Waals surface area contributed by atoms with Crippen molar-refractivity contribution < 1.29 is 10.0 Å². The quantitative estimate of drug-likeness (QED) is 0.317. The topological polar surface area (TPSA) is 78.9 Å². The fourth-order valence-corrected chi connectivity index (χ4v) is 2.15. The molecule has 0 unspecified atom stereocenters. The summed E-state index contributed by atoms with van der Waals surface area (Å²) in [4.78, 5) is 13.4. The molecule has 0 bridgehead atoms. The van der Waals surface area contributed by atoms with Crippen LogP contribution in [0.5, 0.6) is 0 Å². The number of oxime groups is 1. The van der Waals surface area contributed by atoms with Gasteiger partial charge in [-0.3, -0.25) is 4.79 Å². The van der Waals surface area contributed by atoms with E-state index in [0.29, 0.717) is 18.8 Å². The Bertz CT molecular complexity index is 250. The van der Waals surface area contributed by atoms with Crippen molar-refractivity contribution in [2.45, 2.75) is 12.8 Å². The van der Waals surface area contributed by atoms with Crippen LogP contribution in [0.3, 0.4) is 0 Å². The van der Waals surface area contributed by atoms with Crippen molar-refractivity contribution >= 4 is 23.5 Å². The Kier molecular flexibility index (Phi) is 4.74. The summed E-state index contributed by atoms with van der Waals surface area (Å²) in [5.74, 6) is 1.12. The van der Waals surface area contributed by atoms with Gasteiger partial charge in [0.15, 0.2) is 0 Å². The van der Waals surface area contributed by atoms with Crippen LogP contribution in [0.1, 0.15) is 12.8 Å². The largest absolute Gasteiger partial charge is 0.409 e. The summed E-state index contributed by atoms with van der Waals surface area (Å²) in [6.07, 6.45) is 3.49. The number of rotatable bonds is 3. The van der Waals surface area contributed by atoms with Gasteiger partial charge in [0.05, 0.1) is 5.75 Å². The van der Waals surface area contributed by atoms with E-state index < -0.39 is 0 Å². The zero-order valence-electron chi connectivity index (χ0n) is 8.85. The molecule has 1 heterocycles. The Hall–Kier alpha value is -0.910. The molecule has 0 aliphatic carbocycles. The van der Waals surface area contributed by atoms with Crippen LogP contribution in [0.25, 0.3) is 0 Å². The minimum absolute atomic E-state index is 0.119. The third kappa shape index (κ3) is 3.30. The molecule has 86 valence electrons. The highest BCUT2D eigenvalue weighted by Gasteiger charge is 2.24. The molecule has 0 atom stereocenters. The Morgan fingerprint density at radius 2 is 2.20 bits per heavy atom. The number of thioether (sulfide) groups is 1. The molecule has 0 spiro atoms. The first-order chi connectivity index (χ1) is 7.19. The Morgan fingerprint density at radius 1 is 1.60 bits per heavy atom. The molecule has 0 aromatic heterocycles. The van der Waals surface area contributed by atoms with Gasteiger partial charge in [0, 0.05) is 19.0 Å². The number of likely N-dealkylation sites (tertiary alicyclic amines) is 1. The van der Waals surface area contributed by atoms with Crippen LogP contribution in [0.15, 0.2) is 5.16 Å². The predicted molar refractivity (Wildman–Crippen MR) is 61.1 cm³/mol. The molecule has 5 nitrogen and oxygen atoms in total. The molecular weight excluding hydrogens is 214 g/mol. The van der Waals surface area contributed by atoms with E-state index in [1.54, 1.807) is 0 Å². The van der Waals surface area contributed by atoms with Crippen LogP contribution in [0.2, 0.25) is 0 Å². The third-order valence-corrected chi connectivity index (χ3v) is 3.18. The second-order valence-corrected chi connectivity index (χ2v) is 4.48. The molecule has 1 amide bonds. The number of carbonyl (C=O) groups excluding carboxylic acids is 1. The van der Waals surface area contributed by atoms with Gasteiger partial charge in [-0.15, -0.1) is 0 Å². The van der Waals surface area contributed by atoms with Crippen LogP contribution in [-0.4, -0.2) is 46.9 Å². The number of hydrogen-bond acceptors (Lipinski definition) is 4. The third-order valence-electron chi connectivity index (χ3n) is 2.65. The number of carbonyl (C=O) groups is 1. The maximum absolute atomic E-state index is 11.5. The molecule has 0 aromatic carbocycles. The van der Waals surface area contributed by atoms with E-state index in [1.165, 1.54) is 11.8 Å². The fraction of sp³-hybridized carbons (Fsp3) is 0.778. The second-order valence-electron chi connectivity index (χ2n) is 3.61. The van der Waals surface area contributed by atoms with Gasteiger partial charge in [-0.2, -0.15) is 11.8 Å². The summed E-state index contributed by atoms with van der Waals surface area (Å²) >= 11 is 1.54. The fourth-order valence-electron chi connectivity index (χ4n) is 1.72. The van der Waals surface area contributed by atoms with Gasteiger partial charge < -0.3 is 15.8 Å². The molecule has 1 aliphatic rings. The van der Waals surface area contributed by atoms with Crippen molar-refractivity contribution in [2.24, 2.45) is 16.8 Å². The molecule has 1 saturated heterocycles. The Morgan fingerprint density at radius 3 is 2.67 bits per heavy atom. The van der Waals surface area contributed by atoms with E-state index in [9.17, 15) is 4.79 Å². The van der Waals surface area contributed by atoms with Gasteiger partial charge in [-0.1, -0.05) is 5.16 Å². The Balaban J connectivity index is 2.39. The van der Waals surface area contributed by atoms with E-state index >= 15 is 0 Å². The first-order valence-corrected chi connectivity index (χ1v) is 6.32. The zero-order chi connectivity index (χ0) is 11.3. The average molecular weight is 231 g/mol. The smallest absolute Gasteiger partial charge is 0.232 e. The van der Waals surface area contributed by atoms with Gasteiger partial charge >= 0.3 is 0 Å². The summed E-state index contributed by atoms with van der Waals surface area (Å²) in [6.45, 7) is 1.42. The molecule has 1 rings (SSSR count). The lowest BCUT2D eigenvalue weighted by atomic mass is 9.96. The predicted octanol–water partition coefficient (Wildman–Crippen LogP) is 0.334. The molecule has 3 N–H and O–H groups in total. The highest BCUT2D eigenvalue weighted by atomic mass is 32.2. The normalized spacial score (nSPS) is 19.3. The summed E-state index contributed by atoms with van der Waals surface area (Å²) in [6, 6.07) is 0. The second kappa shape index (κ2) is 5.85. The first-order valence-electron chi connectivity index (χ1n) is 4.93. The van der Waals surface area contributed by atoms with Crippen molar-refractivity contribution in [3.63, 3.8) is 0 Å². The van der Waals surface area contributed by atoms with Crippen LogP contribution < -0.4 is 5.73 Å². The van der Waals surface area contributed by atoms with E-state index in [4.69, 9.17) is 10.9 Å². The lowest BCUT2D eigenvalue weighted by molar-refractivity contribution is -0.129. The van der Waals surface area contributed by atoms with Crippen molar-refractivity contribution in [1.82, 2.24) is 4.90 Å². The minimum Gasteiger partial charge on any atom is -0.409 e. The van der Waals surface area contributed by atoms with E-state index in [2.05, 4.69) is 5.16 Å². The average Bonchev–Trinajstić information content (AvgIpc) is 2.28. The van der Waals surface area contributed by atoms with Crippen LogP contribution in [-0.2, 0) is 4.79 Å². The number of amides is 1. The minimum atomic E-state index is 0.119. The monoisotopic (exact) mass is 231 g/mol. The number of nitrogens with zero attached hydrogens (tertiary/aromatic N) is 2. The van der Waals surface area contributed by atoms with E-state index in [-0.39, 0.29) is 17.7 Å². The highest BCUT2D eigenvalue weighted by Crippen LogP contribution is 2.17. The van der Waals surface area contributed by atoms with Gasteiger partial charge in [0.1, 0.15) is 5.84 Å². The van der Waals surface area contributed by atoms with Crippen LogP contribution in [0, 0.1) is 5.92 Å². The lowest BCUT2D eigenvalue weighted by Gasteiger charge is -2.31. The number of amidine groups is 1. The van der Waals surface area contributed by atoms with Crippen molar-refractivity contribution in [3.05, 3.63) is 0 Å². The summed E-state index contributed by atoms with van der Waals surface area (Å²) in [5.41, 5.74) is 5.52. The molecule has 6 heteroatoms. The summed E-state index contributed by atoms with van der Waals surface area (Å²) in [5, 5.41) is 11.5. The molecule has 15 heavy (non-hydrogen) atoms. The zero-order valence-corrected chi connectivity index (χ0v) is 9.66. The number of hydrogen-bond donors (Lipinski definition) is 2. The van der Waals surface area contributed by atoms with Crippen LogP contribution >= 0.6 is 11.8 Å². The van der Waals surface area contributed by atoms with Gasteiger partial charge in [-0.25, -0.2) is 0 Å². The van der Waals surface area contributed by atoms with Crippen molar-refractivity contribution in [1.29, 1.82) is 0 Å². The maximum atomic E-state index is 11.5. The summed E-state index contributed by atoms with van der Waals surface area (Å²) < 4.78 is 0. The highest BCUT2D eigenvalue weighted by molar-refractivity contribution is 7.99. The molecule has 1 fully saturated rings. The molecule has 0 saturated carbocycles. The van der Waals surface area contributed by atoms with Crippen molar-refractivity contribution in [2.75, 3.05) is 25.1 Å². The number of piperidine rings is 1. The van der Waals surface area contributed by atoms with Gasteiger partial charge in [0.25, 0.3) is 0 Å². The molecule has 1 aliphatic heterocycles. The first kappa shape index (κ1) is 12.2. The van der Waals surface area contributed by atoms with Crippen LogP contribution in [0.4, 0.5) is 0 Å². The molecular formula is C9H17N3O2S. The standard InChI is InChI=1S/C9H17N3O2S/c1-15-6-8(13)12-4-2-7(3-5-12)9(10)11-14/h7,14H,2-6H2,1H3,(H2,10,11). The number of nitrogens with two attached hydrogens (primary N) is 1. The molecule has 0 radical (unpaired) electrons. The van der Waals surface area contributed by atoms with E-state index in [1.807, 2.05) is 11.2 Å². The molecule has 0 aromatic rings. The summed E-state index contributed by atoms with van der Waals surface area (Å²) in [7, 11) is 0. The van der Waals surface area contributed by atoms with Gasteiger partial charge in [-0.05, 0) is 19.1 Å². The van der Waals surface area contributed by atoms with E-state index in [0.717, 1.165) is 12.8 Å². The van der Waals surface area contributed by atoms with Gasteiger partial charge in [0.2, 0.25) is 5.91 Å².